The molecule has 0 radical (unpaired) electrons. The average molecular weight is 299 g/mol. The van der Waals surface area contributed by atoms with E-state index in [1.807, 2.05) is 37.5 Å². The van der Waals surface area contributed by atoms with Crippen molar-refractivity contribution in [3.05, 3.63) is 58.7 Å². The number of aryl methyl sites for hydroxylation is 1. The maximum Gasteiger partial charge on any atom is 0.0952 e. The van der Waals surface area contributed by atoms with Crippen LogP contribution in [0.15, 0.2) is 48.0 Å². The highest BCUT2D eigenvalue weighted by atomic mass is 32.1. The monoisotopic (exact) mass is 299 g/mol. The number of thiazole rings is 1. The van der Waals surface area contributed by atoms with Crippen molar-refractivity contribution in [3.63, 3.8) is 0 Å². The van der Waals surface area contributed by atoms with E-state index in [4.69, 9.17) is 5.84 Å². The fourth-order valence-corrected chi connectivity index (χ4v) is 3.04. The molecule has 2 heterocycles. The van der Waals surface area contributed by atoms with E-state index in [0.29, 0.717) is 0 Å². The van der Waals surface area contributed by atoms with Gasteiger partial charge in [-0.3, -0.25) is 16.0 Å². The summed E-state index contributed by atoms with van der Waals surface area (Å²) in [6.45, 7) is 0. The number of aromatic nitrogens is 3. The molecular formula is C15H17N5S. The zero-order valence-electron chi connectivity index (χ0n) is 11.7. The summed E-state index contributed by atoms with van der Waals surface area (Å²) in [5, 5.41) is 7.52. The van der Waals surface area contributed by atoms with Crippen molar-refractivity contribution in [1.82, 2.24) is 20.2 Å². The van der Waals surface area contributed by atoms with E-state index in [1.54, 1.807) is 16.0 Å². The quantitative estimate of drug-likeness (QED) is 0.560. The van der Waals surface area contributed by atoms with Crippen molar-refractivity contribution in [3.8, 4) is 11.3 Å². The zero-order valence-corrected chi connectivity index (χ0v) is 12.5. The van der Waals surface area contributed by atoms with E-state index in [2.05, 4.69) is 33.0 Å². The standard InChI is InChI=1S/C15H17N5S/c1-20-8-7-12(19-20)13(18-16)9-15-17-14(10-21-15)11-5-3-2-4-6-11/h2-8,10,13,18H,9,16H2,1H3. The summed E-state index contributed by atoms with van der Waals surface area (Å²) in [5.41, 5.74) is 5.89. The molecule has 0 saturated carbocycles. The molecule has 0 amide bonds. The van der Waals surface area contributed by atoms with Gasteiger partial charge < -0.3 is 0 Å². The summed E-state index contributed by atoms with van der Waals surface area (Å²) in [6, 6.07) is 12.1. The number of nitrogens with zero attached hydrogens (tertiary/aromatic N) is 3. The van der Waals surface area contributed by atoms with E-state index in [9.17, 15) is 0 Å². The Balaban J connectivity index is 1.77. The SMILES string of the molecule is Cn1ccc(C(Cc2nc(-c3ccccc3)cs2)NN)n1. The van der Waals surface area contributed by atoms with Crippen LogP contribution in [-0.4, -0.2) is 14.8 Å². The minimum Gasteiger partial charge on any atom is -0.275 e. The fraction of sp³-hybridized carbons (Fsp3) is 0.200. The van der Waals surface area contributed by atoms with E-state index in [0.717, 1.165) is 28.4 Å². The molecule has 1 aromatic carbocycles. The Kier molecular flexibility index (Phi) is 4.10. The molecule has 1 unspecified atom stereocenters. The normalized spacial score (nSPS) is 12.5. The van der Waals surface area contributed by atoms with Crippen LogP contribution in [0.1, 0.15) is 16.7 Å². The van der Waals surface area contributed by atoms with Gasteiger partial charge in [-0.05, 0) is 6.07 Å². The number of nitrogens with two attached hydrogens (primary N) is 1. The van der Waals surface area contributed by atoms with Crippen LogP contribution in [0.5, 0.6) is 0 Å². The molecule has 0 aliphatic heterocycles. The summed E-state index contributed by atoms with van der Waals surface area (Å²) >= 11 is 1.65. The highest BCUT2D eigenvalue weighted by Crippen LogP contribution is 2.24. The molecule has 3 N–H and O–H groups in total. The van der Waals surface area contributed by atoms with Crippen LogP contribution in [-0.2, 0) is 13.5 Å². The third-order valence-electron chi connectivity index (χ3n) is 3.29. The number of benzene rings is 1. The molecule has 6 heteroatoms. The smallest absolute Gasteiger partial charge is 0.0952 e. The van der Waals surface area contributed by atoms with E-state index in [1.165, 1.54) is 0 Å². The molecule has 0 spiro atoms. The Morgan fingerprint density at radius 3 is 2.76 bits per heavy atom. The van der Waals surface area contributed by atoms with Gasteiger partial charge in [-0.1, -0.05) is 30.3 Å². The van der Waals surface area contributed by atoms with Crippen LogP contribution in [0.4, 0.5) is 0 Å². The maximum atomic E-state index is 5.66. The Morgan fingerprint density at radius 2 is 2.10 bits per heavy atom. The highest BCUT2D eigenvalue weighted by molar-refractivity contribution is 7.09. The molecule has 0 aliphatic rings. The Morgan fingerprint density at radius 1 is 1.29 bits per heavy atom. The molecule has 0 aliphatic carbocycles. The van der Waals surface area contributed by atoms with Gasteiger partial charge in [0.15, 0.2) is 0 Å². The van der Waals surface area contributed by atoms with Gasteiger partial charge in [0.05, 0.1) is 22.4 Å². The molecule has 3 rings (SSSR count). The van der Waals surface area contributed by atoms with Gasteiger partial charge in [-0.25, -0.2) is 4.98 Å². The minimum atomic E-state index is -0.0269. The number of hydrogen-bond donors (Lipinski definition) is 2. The van der Waals surface area contributed by atoms with Crippen LogP contribution in [0.25, 0.3) is 11.3 Å². The van der Waals surface area contributed by atoms with Gasteiger partial charge >= 0.3 is 0 Å². The molecule has 21 heavy (non-hydrogen) atoms. The molecule has 2 aromatic heterocycles. The van der Waals surface area contributed by atoms with Crippen molar-refractivity contribution >= 4 is 11.3 Å². The third kappa shape index (κ3) is 3.18. The van der Waals surface area contributed by atoms with Gasteiger partial charge in [0, 0.05) is 30.6 Å². The molecule has 0 fully saturated rings. The second-order valence-electron chi connectivity index (χ2n) is 4.83. The summed E-state index contributed by atoms with van der Waals surface area (Å²) in [6.07, 6.45) is 2.64. The third-order valence-corrected chi connectivity index (χ3v) is 4.16. The first kappa shape index (κ1) is 13.9. The fourth-order valence-electron chi connectivity index (χ4n) is 2.19. The van der Waals surface area contributed by atoms with Crippen LogP contribution in [0, 0.1) is 0 Å². The lowest BCUT2D eigenvalue weighted by molar-refractivity contribution is 0.528. The predicted molar refractivity (Wildman–Crippen MR) is 84.5 cm³/mol. The Bertz CT molecular complexity index is 704. The number of hydrazine groups is 1. The van der Waals surface area contributed by atoms with Gasteiger partial charge in [0.2, 0.25) is 0 Å². The average Bonchev–Trinajstić information content (AvgIpc) is 3.15. The van der Waals surface area contributed by atoms with Crippen LogP contribution in [0.2, 0.25) is 0 Å². The molecule has 108 valence electrons. The lowest BCUT2D eigenvalue weighted by Gasteiger charge is -2.11. The van der Waals surface area contributed by atoms with E-state index < -0.39 is 0 Å². The van der Waals surface area contributed by atoms with Crippen molar-refractivity contribution in [2.45, 2.75) is 12.5 Å². The van der Waals surface area contributed by atoms with Crippen LogP contribution in [0.3, 0.4) is 0 Å². The van der Waals surface area contributed by atoms with Crippen molar-refractivity contribution in [1.29, 1.82) is 0 Å². The van der Waals surface area contributed by atoms with E-state index >= 15 is 0 Å². The molecule has 5 nitrogen and oxygen atoms in total. The lowest BCUT2D eigenvalue weighted by Crippen LogP contribution is -2.30. The predicted octanol–water partition coefficient (Wildman–Crippen LogP) is 2.29. The number of rotatable bonds is 5. The minimum absolute atomic E-state index is 0.0269. The van der Waals surface area contributed by atoms with Crippen molar-refractivity contribution in [2.75, 3.05) is 0 Å². The van der Waals surface area contributed by atoms with E-state index in [-0.39, 0.29) is 6.04 Å². The molecule has 0 bridgehead atoms. The summed E-state index contributed by atoms with van der Waals surface area (Å²) in [5.74, 6) is 5.66. The van der Waals surface area contributed by atoms with Crippen LogP contribution < -0.4 is 11.3 Å². The van der Waals surface area contributed by atoms with Gasteiger partial charge in [-0.15, -0.1) is 11.3 Å². The molecular weight excluding hydrogens is 282 g/mol. The lowest BCUT2D eigenvalue weighted by atomic mass is 10.1. The van der Waals surface area contributed by atoms with Gasteiger partial charge in [0.25, 0.3) is 0 Å². The van der Waals surface area contributed by atoms with Gasteiger partial charge in [0.1, 0.15) is 0 Å². The molecule has 0 saturated heterocycles. The second kappa shape index (κ2) is 6.17. The second-order valence-corrected chi connectivity index (χ2v) is 5.77. The zero-order chi connectivity index (χ0) is 14.7. The molecule has 1 atom stereocenters. The summed E-state index contributed by atoms with van der Waals surface area (Å²) in [7, 11) is 1.90. The topological polar surface area (TPSA) is 68.8 Å². The maximum absolute atomic E-state index is 5.66. The molecule has 3 aromatic rings. The summed E-state index contributed by atoms with van der Waals surface area (Å²) < 4.78 is 1.77. The highest BCUT2D eigenvalue weighted by Gasteiger charge is 2.15. The summed E-state index contributed by atoms with van der Waals surface area (Å²) in [4.78, 5) is 4.69. The van der Waals surface area contributed by atoms with Crippen molar-refractivity contribution < 1.29 is 0 Å². The largest absolute Gasteiger partial charge is 0.275 e. The van der Waals surface area contributed by atoms with Crippen LogP contribution >= 0.6 is 11.3 Å². The first-order valence-electron chi connectivity index (χ1n) is 6.72. The number of nitrogens with one attached hydrogen (secondary N) is 1. The van der Waals surface area contributed by atoms with Gasteiger partial charge in [-0.2, -0.15) is 5.10 Å². The van der Waals surface area contributed by atoms with Crippen molar-refractivity contribution in [2.24, 2.45) is 12.9 Å². The number of hydrogen-bond acceptors (Lipinski definition) is 5. The first-order valence-corrected chi connectivity index (χ1v) is 7.59. The Labute approximate surface area is 127 Å². The first-order chi connectivity index (χ1) is 10.3. The Hall–Kier alpha value is -2.02.